The molecule has 1 aromatic rings. The largest absolute Gasteiger partial charge is 0.392 e. The first-order valence-electron chi connectivity index (χ1n) is 5.03. The van der Waals surface area contributed by atoms with Gasteiger partial charge in [0, 0.05) is 12.3 Å². The van der Waals surface area contributed by atoms with E-state index in [0.29, 0.717) is 0 Å². The maximum absolute atomic E-state index is 11.5. The molecular formula is C10H12N2O5. The van der Waals surface area contributed by atoms with Gasteiger partial charge in [0.1, 0.15) is 12.2 Å². The van der Waals surface area contributed by atoms with Crippen LogP contribution in [0.5, 0.6) is 0 Å². The van der Waals surface area contributed by atoms with E-state index in [1.165, 1.54) is 12.3 Å². The molecule has 0 saturated carbocycles. The number of hydrogen-bond donors (Lipinski definition) is 4. The van der Waals surface area contributed by atoms with Crippen LogP contribution in [0.2, 0.25) is 0 Å². The summed E-state index contributed by atoms with van der Waals surface area (Å²) in [7, 11) is 0. The number of nitrogens with one attached hydrogen (secondary N) is 1. The second kappa shape index (κ2) is 4.28. The minimum absolute atomic E-state index is 0.251. The molecule has 0 spiro atoms. The smallest absolute Gasteiger partial charge is 0.328 e. The maximum atomic E-state index is 11.5. The van der Waals surface area contributed by atoms with Crippen LogP contribution in [0.15, 0.2) is 33.5 Å². The molecule has 92 valence electrons. The summed E-state index contributed by atoms with van der Waals surface area (Å²) in [6.07, 6.45) is 0.220. The molecule has 1 aliphatic rings. The first-order valence-corrected chi connectivity index (χ1v) is 5.03. The highest BCUT2D eigenvalue weighted by atomic mass is 16.3. The van der Waals surface area contributed by atoms with E-state index in [0.717, 1.165) is 10.6 Å². The lowest BCUT2D eigenvalue weighted by atomic mass is 10.1. The molecule has 4 N–H and O–H groups in total. The molecule has 7 nitrogen and oxygen atoms in total. The summed E-state index contributed by atoms with van der Waals surface area (Å²) in [6.45, 7) is -0.396. The van der Waals surface area contributed by atoms with E-state index in [4.69, 9.17) is 5.11 Å². The van der Waals surface area contributed by atoms with Crippen molar-refractivity contribution in [3.63, 3.8) is 0 Å². The van der Waals surface area contributed by atoms with Crippen molar-refractivity contribution >= 4 is 0 Å². The third kappa shape index (κ3) is 1.95. The molecule has 0 saturated heterocycles. The number of aromatic amines is 1. The molecule has 0 unspecified atom stereocenters. The quantitative estimate of drug-likeness (QED) is 0.435. The van der Waals surface area contributed by atoms with Gasteiger partial charge in [-0.25, -0.2) is 4.79 Å². The fourth-order valence-electron chi connectivity index (χ4n) is 1.88. The van der Waals surface area contributed by atoms with Crippen LogP contribution in [0.3, 0.4) is 0 Å². The predicted molar refractivity (Wildman–Crippen MR) is 57.5 cm³/mol. The van der Waals surface area contributed by atoms with Crippen molar-refractivity contribution in [3.05, 3.63) is 44.8 Å². The average molecular weight is 240 g/mol. The van der Waals surface area contributed by atoms with Crippen molar-refractivity contribution in [3.8, 4) is 0 Å². The molecule has 0 aromatic carbocycles. The number of aliphatic hydroxyl groups excluding tert-OH is 3. The van der Waals surface area contributed by atoms with Gasteiger partial charge in [0.2, 0.25) is 0 Å². The zero-order valence-corrected chi connectivity index (χ0v) is 8.78. The Bertz CT molecular complexity index is 558. The van der Waals surface area contributed by atoms with E-state index in [-0.39, 0.29) is 5.57 Å². The van der Waals surface area contributed by atoms with Gasteiger partial charge in [-0.2, -0.15) is 0 Å². The van der Waals surface area contributed by atoms with Crippen LogP contribution in [0.25, 0.3) is 0 Å². The number of hydrogen-bond acceptors (Lipinski definition) is 5. The zero-order valence-electron chi connectivity index (χ0n) is 8.78. The number of nitrogens with zero attached hydrogens (tertiary/aromatic N) is 1. The van der Waals surface area contributed by atoms with Gasteiger partial charge in [-0.1, -0.05) is 6.08 Å². The van der Waals surface area contributed by atoms with Gasteiger partial charge in [-0.3, -0.25) is 14.3 Å². The monoisotopic (exact) mass is 240 g/mol. The molecular weight excluding hydrogens is 228 g/mol. The number of H-pyrrole nitrogens is 1. The summed E-state index contributed by atoms with van der Waals surface area (Å²) in [6, 6.07) is 0.349. The van der Waals surface area contributed by atoms with E-state index in [1.54, 1.807) is 0 Å². The number of aromatic nitrogens is 2. The molecule has 0 radical (unpaired) electrons. The first kappa shape index (κ1) is 11.8. The van der Waals surface area contributed by atoms with Crippen molar-refractivity contribution in [2.75, 3.05) is 6.61 Å². The number of aliphatic hydroxyl groups is 3. The Balaban J connectivity index is 2.45. The van der Waals surface area contributed by atoms with Crippen molar-refractivity contribution in [2.45, 2.75) is 18.2 Å². The van der Waals surface area contributed by atoms with E-state index in [9.17, 15) is 19.8 Å². The van der Waals surface area contributed by atoms with Gasteiger partial charge < -0.3 is 15.3 Å². The highest BCUT2D eigenvalue weighted by Crippen LogP contribution is 2.27. The predicted octanol–water partition coefficient (Wildman–Crippen LogP) is -2.27. The molecule has 0 aliphatic heterocycles. The summed E-state index contributed by atoms with van der Waals surface area (Å²) in [5.74, 6) is 0. The maximum Gasteiger partial charge on any atom is 0.328 e. The van der Waals surface area contributed by atoms with Gasteiger partial charge in [0.15, 0.2) is 0 Å². The third-order valence-corrected chi connectivity index (χ3v) is 2.79. The molecule has 1 heterocycles. The summed E-state index contributed by atoms with van der Waals surface area (Å²) in [4.78, 5) is 24.4. The van der Waals surface area contributed by atoms with Crippen LogP contribution >= 0.6 is 0 Å². The molecule has 1 aromatic heterocycles. The van der Waals surface area contributed by atoms with Crippen molar-refractivity contribution in [1.29, 1.82) is 0 Å². The van der Waals surface area contributed by atoms with E-state index >= 15 is 0 Å². The summed E-state index contributed by atoms with van der Waals surface area (Å²) in [5.41, 5.74) is -0.963. The Morgan fingerprint density at radius 1 is 1.35 bits per heavy atom. The van der Waals surface area contributed by atoms with Crippen molar-refractivity contribution < 1.29 is 15.3 Å². The van der Waals surface area contributed by atoms with Crippen LogP contribution < -0.4 is 11.2 Å². The molecule has 3 atom stereocenters. The lowest BCUT2D eigenvalue weighted by molar-refractivity contribution is 0.0271. The zero-order chi connectivity index (χ0) is 12.6. The summed E-state index contributed by atoms with van der Waals surface area (Å²) < 4.78 is 1.10. The highest BCUT2D eigenvalue weighted by molar-refractivity contribution is 5.23. The van der Waals surface area contributed by atoms with Gasteiger partial charge in [0.05, 0.1) is 12.6 Å². The van der Waals surface area contributed by atoms with Crippen LogP contribution in [0.1, 0.15) is 6.04 Å². The highest BCUT2D eigenvalue weighted by Gasteiger charge is 2.35. The SMILES string of the molecule is O=c1ccn([C@@H]2C=C(CO)[C@@H](O)[C@H]2O)c(=O)[nH]1. The second-order valence-corrected chi connectivity index (χ2v) is 3.84. The third-order valence-electron chi connectivity index (χ3n) is 2.79. The van der Waals surface area contributed by atoms with E-state index < -0.39 is 36.1 Å². The molecule has 17 heavy (non-hydrogen) atoms. The molecule has 0 fully saturated rings. The van der Waals surface area contributed by atoms with Gasteiger partial charge in [0.25, 0.3) is 5.56 Å². The topological polar surface area (TPSA) is 116 Å². The average Bonchev–Trinajstić information content (AvgIpc) is 2.57. The Labute approximate surface area is 95.3 Å². The Hall–Kier alpha value is -1.70. The molecule has 7 heteroatoms. The lowest BCUT2D eigenvalue weighted by Crippen LogP contribution is -2.37. The normalized spacial score (nSPS) is 28.2. The van der Waals surface area contributed by atoms with Crippen molar-refractivity contribution in [1.82, 2.24) is 9.55 Å². The fourth-order valence-corrected chi connectivity index (χ4v) is 1.88. The molecule has 0 amide bonds. The minimum atomic E-state index is -1.22. The molecule has 1 aliphatic carbocycles. The summed E-state index contributed by atoms with van der Waals surface area (Å²) >= 11 is 0. The van der Waals surface area contributed by atoms with Crippen LogP contribution in [0.4, 0.5) is 0 Å². The molecule has 2 rings (SSSR count). The minimum Gasteiger partial charge on any atom is -0.392 e. The standard InChI is InChI=1S/C10H12N2O5/c13-4-5-3-6(9(16)8(5)15)12-2-1-7(14)11-10(12)17/h1-3,6,8-9,13,15-16H,4H2,(H,11,14,17)/t6-,8-,9+/m1/s1. The Morgan fingerprint density at radius 3 is 2.59 bits per heavy atom. The second-order valence-electron chi connectivity index (χ2n) is 3.84. The Morgan fingerprint density at radius 2 is 2.06 bits per heavy atom. The van der Waals surface area contributed by atoms with Crippen LogP contribution in [-0.4, -0.2) is 43.7 Å². The first-order chi connectivity index (χ1) is 8.04. The van der Waals surface area contributed by atoms with Crippen molar-refractivity contribution in [2.24, 2.45) is 0 Å². The Kier molecular flexibility index (Phi) is 2.97. The van der Waals surface area contributed by atoms with Gasteiger partial charge in [-0.15, -0.1) is 0 Å². The lowest BCUT2D eigenvalue weighted by Gasteiger charge is -2.18. The number of rotatable bonds is 2. The van der Waals surface area contributed by atoms with E-state index in [1.807, 2.05) is 0 Å². The van der Waals surface area contributed by atoms with Crippen LogP contribution in [-0.2, 0) is 0 Å². The fraction of sp³-hybridized carbons (Fsp3) is 0.400. The summed E-state index contributed by atoms with van der Waals surface area (Å²) in [5, 5.41) is 28.3. The van der Waals surface area contributed by atoms with E-state index in [2.05, 4.69) is 4.98 Å². The van der Waals surface area contributed by atoms with Gasteiger partial charge in [-0.05, 0) is 5.57 Å². The molecule has 0 bridgehead atoms. The van der Waals surface area contributed by atoms with Gasteiger partial charge >= 0.3 is 5.69 Å². The van der Waals surface area contributed by atoms with Crippen LogP contribution in [0, 0.1) is 0 Å².